The van der Waals surface area contributed by atoms with Gasteiger partial charge in [0, 0.05) is 18.3 Å². The molecule has 0 aliphatic rings. The highest BCUT2D eigenvalue weighted by molar-refractivity contribution is 5.81. The van der Waals surface area contributed by atoms with Gasteiger partial charge in [0.2, 0.25) is 5.91 Å². The summed E-state index contributed by atoms with van der Waals surface area (Å²) in [4.78, 5) is 16.2. The van der Waals surface area contributed by atoms with Crippen molar-refractivity contribution < 1.29 is 4.79 Å². The molecule has 1 rings (SSSR count). The highest BCUT2D eigenvalue weighted by Crippen LogP contribution is 2.32. The van der Waals surface area contributed by atoms with Gasteiger partial charge in [0.1, 0.15) is 6.33 Å². The van der Waals surface area contributed by atoms with Gasteiger partial charge in [0.15, 0.2) is 0 Å². The first-order valence-corrected chi connectivity index (χ1v) is 5.84. The van der Waals surface area contributed by atoms with Crippen LogP contribution in [0.3, 0.4) is 0 Å². The van der Waals surface area contributed by atoms with E-state index in [1.165, 1.54) is 0 Å². The third-order valence-electron chi connectivity index (χ3n) is 2.81. The number of hydrogen-bond acceptors (Lipinski definition) is 2. The van der Waals surface area contributed by atoms with E-state index in [9.17, 15) is 4.79 Å². The summed E-state index contributed by atoms with van der Waals surface area (Å²) in [5.41, 5.74) is -0.00831. The molecule has 0 N–H and O–H groups in total. The minimum absolute atomic E-state index is 0.00831. The van der Waals surface area contributed by atoms with E-state index in [4.69, 9.17) is 0 Å². The van der Waals surface area contributed by atoms with Crippen LogP contribution in [0.2, 0.25) is 0 Å². The molecule has 1 atom stereocenters. The van der Waals surface area contributed by atoms with E-state index < -0.39 is 0 Å². The van der Waals surface area contributed by atoms with Gasteiger partial charge in [-0.2, -0.15) is 0 Å². The monoisotopic (exact) mass is 222 g/mol. The van der Waals surface area contributed by atoms with E-state index in [1.807, 2.05) is 0 Å². The predicted octanol–water partition coefficient (Wildman–Crippen LogP) is 3.23. The molecule has 0 saturated carbocycles. The lowest BCUT2D eigenvalue weighted by Gasteiger charge is -2.30. The van der Waals surface area contributed by atoms with Crippen LogP contribution in [-0.4, -0.2) is 15.5 Å². The Morgan fingerprint density at radius 1 is 1.38 bits per heavy atom. The summed E-state index contributed by atoms with van der Waals surface area (Å²) in [5, 5.41) is 0. The molecule has 0 aromatic carbocycles. The molecular formula is C13H22N2O. The number of rotatable bonds is 3. The van der Waals surface area contributed by atoms with E-state index >= 15 is 0 Å². The zero-order valence-electron chi connectivity index (χ0n) is 10.9. The minimum Gasteiger partial charge on any atom is -0.276 e. The fraction of sp³-hybridized carbons (Fsp3) is 0.692. The molecule has 16 heavy (non-hydrogen) atoms. The van der Waals surface area contributed by atoms with Crippen LogP contribution in [0, 0.1) is 17.3 Å². The summed E-state index contributed by atoms with van der Waals surface area (Å²) >= 11 is 0. The van der Waals surface area contributed by atoms with Crippen molar-refractivity contribution in [1.29, 1.82) is 0 Å². The van der Waals surface area contributed by atoms with E-state index in [-0.39, 0.29) is 17.2 Å². The summed E-state index contributed by atoms with van der Waals surface area (Å²) < 4.78 is 1.60. The van der Waals surface area contributed by atoms with E-state index in [2.05, 4.69) is 39.6 Å². The van der Waals surface area contributed by atoms with Gasteiger partial charge >= 0.3 is 0 Å². The SMILES string of the molecule is CC(C)CC(C(=O)n1ccnc1)C(C)(C)C. The molecule has 0 spiro atoms. The highest BCUT2D eigenvalue weighted by atomic mass is 16.2. The molecule has 0 aliphatic carbocycles. The summed E-state index contributed by atoms with van der Waals surface area (Å²) in [6.45, 7) is 10.7. The molecule has 0 bridgehead atoms. The summed E-state index contributed by atoms with van der Waals surface area (Å²) in [7, 11) is 0. The number of imidazole rings is 1. The van der Waals surface area contributed by atoms with E-state index in [0.29, 0.717) is 5.92 Å². The molecule has 90 valence electrons. The Kier molecular flexibility index (Phi) is 3.89. The lowest BCUT2D eigenvalue weighted by atomic mass is 9.75. The molecule has 3 heteroatoms. The molecule has 1 heterocycles. The summed E-state index contributed by atoms with van der Waals surface area (Å²) in [6.07, 6.45) is 5.87. The van der Waals surface area contributed by atoms with Crippen molar-refractivity contribution in [2.45, 2.75) is 41.0 Å². The van der Waals surface area contributed by atoms with Gasteiger partial charge < -0.3 is 0 Å². The molecular weight excluding hydrogens is 200 g/mol. The molecule has 3 nitrogen and oxygen atoms in total. The normalized spacial score (nSPS) is 14.1. The van der Waals surface area contributed by atoms with Crippen LogP contribution < -0.4 is 0 Å². The maximum Gasteiger partial charge on any atom is 0.235 e. The first kappa shape index (κ1) is 12.9. The lowest BCUT2D eigenvalue weighted by Crippen LogP contribution is -2.33. The molecule has 1 aromatic heterocycles. The van der Waals surface area contributed by atoms with Crippen molar-refractivity contribution in [2.75, 3.05) is 0 Å². The Bertz CT molecular complexity index is 333. The van der Waals surface area contributed by atoms with Crippen LogP contribution >= 0.6 is 0 Å². The van der Waals surface area contributed by atoms with Gasteiger partial charge in [-0.1, -0.05) is 34.6 Å². The smallest absolute Gasteiger partial charge is 0.235 e. The van der Waals surface area contributed by atoms with Gasteiger partial charge in [0.25, 0.3) is 0 Å². The Hall–Kier alpha value is -1.12. The van der Waals surface area contributed by atoms with Crippen LogP contribution in [-0.2, 0) is 0 Å². The average Bonchev–Trinajstić information content (AvgIpc) is 2.63. The van der Waals surface area contributed by atoms with Crippen molar-refractivity contribution in [2.24, 2.45) is 17.3 Å². The number of aromatic nitrogens is 2. The maximum atomic E-state index is 12.3. The second-order valence-electron chi connectivity index (χ2n) is 5.86. The van der Waals surface area contributed by atoms with Crippen molar-refractivity contribution in [3.63, 3.8) is 0 Å². The largest absolute Gasteiger partial charge is 0.276 e. The van der Waals surface area contributed by atoms with Gasteiger partial charge in [-0.3, -0.25) is 9.36 Å². The first-order valence-electron chi connectivity index (χ1n) is 5.84. The van der Waals surface area contributed by atoms with Crippen molar-refractivity contribution >= 4 is 5.91 Å². The fourth-order valence-corrected chi connectivity index (χ4v) is 1.87. The van der Waals surface area contributed by atoms with E-state index in [0.717, 1.165) is 6.42 Å². The number of carbonyl (C=O) groups is 1. The molecule has 0 radical (unpaired) electrons. The van der Waals surface area contributed by atoms with Crippen LogP contribution in [0.5, 0.6) is 0 Å². The van der Waals surface area contributed by atoms with Crippen molar-refractivity contribution in [3.8, 4) is 0 Å². The standard InChI is InChI=1S/C13H22N2O/c1-10(2)8-11(13(3,4)5)12(16)15-7-6-14-9-15/h6-7,9-11H,8H2,1-5H3. The third-order valence-corrected chi connectivity index (χ3v) is 2.81. The minimum atomic E-state index is -0.00831. The zero-order chi connectivity index (χ0) is 12.3. The topological polar surface area (TPSA) is 34.9 Å². The number of carbonyl (C=O) groups excluding carboxylic acids is 1. The van der Waals surface area contributed by atoms with Crippen LogP contribution in [0.15, 0.2) is 18.7 Å². The Morgan fingerprint density at radius 2 is 2.00 bits per heavy atom. The van der Waals surface area contributed by atoms with E-state index in [1.54, 1.807) is 23.3 Å². The second kappa shape index (κ2) is 4.81. The van der Waals surface area contributed by atoms with Crippen molar-refractivity contribution in [3.05, 3.63) is 18.7 Å². The quantitative estimate of drug-likeness (QED) is 0.787. The molecule has 1 aromatic rings. The Labute approximate surface area is 97.9 Å². The lowest BCUT2D eigenvalue weighted by molar-refractivity contribution is 0.0690. The highest BCUT2D eigenvalue weighted by Gasteiger charge is 2.32. The molecule has 0 aliphatic heterocycles. The van der Waals surface area contributed by atoms with Gasteiger partial charge in [-0.25, -0.2) is 4.98 Å². The Balaban J connectivity index is 2.89. The predicted molar refractivity (Wildman–Crippen MR) is 65.3 cm³/mol. The fourth-order valence-electron chi connectivity index (χ4n) is 1.87. The summed E-state index contributed by atoms with van der Waals surface area (Å²) in [5.74, 6) is 0.720. The second-order valence-corrected chi connectivity index (χ2v) is 5.86. The van der Waals surface area contributed by atoms with Crippen molar-refractivity contribution in [1.82, 2.24) is 9.55 Å². The third kappa shape index (κ3) is 3.19. The summed E-state index contributed by atoms with van der Waals surface area (Å²) in [6, 6.07) is 0. The number of hydrogen-bond donors (Lipinski definition) is 0. The number of nitrogens with zero attached hydrogens (tertiary/aromatic N) is 2. The Morgan fingerprint density at radius 3 is 2.38 bits per heavy atom. The maximum absolute atomic E-state index is 12.3. The molecule has 1 unspecified atom stereocenters. The van der Waals surface area contributed by atoms with Gasteiger partial charge in [0.05, 0.1) is 0 Å². The van der Waals surface area contributed by atoms with Crippen LogP contribution in [0.4, 0.5) is 0 Å². The van der Waals surface area contributed by atoms with Gasteiger partial charge in [-0.05, 0) is 17.8 Å². The molecule has 0 saturated heterocycles. The zero-order valence-corrected chi connectivity index (χ0v) is 10.9. The average molecular weight is 222 g/mol. The van der Waals surface area contributed by atoms with Crippen LogP contribution in [0.1, 0.15) is 45.8 Å². The molecule has 0 amide bonds. The first-order chi connectivity index (χ1) is 7.32. The molecule has 0 fully saturated rings. The van der Waals surface area contributed by atoms with Crippen LogP contribution in [0.25, 0.3) is 0 Å². The van der Waals surface area contributed by atoms with Gasteiger partial charge in [-0.15, -0.1) is 0 Å².